The fourth-order valence-electron chi connectivity index (χ4n) is 2.70. The van der Waals surface area contributed by atoms with E-state index in [1.807, 2.05) is 0 Å². The number of carbonyl (C=O) groups excluding carboxylic acids is 1. The lowest BCUT2D eigenvalue weighted by Gasteiger charge is -2.16. The van der Waals surface area contributed by atoms with Gasteiger partial charge in [0.25, 0.3) is 5.91 Å². The van der Waals surface area contributed by atoms with Gasteiger partial charge in [0.15, 0.2) is 5.65 Å². The first-order valence-electron chi connectivity index (χ1n) is 6.83. The van der Waals surface area contributed by atoms with E-state index in [0.29, 0.717) is 18.8 Å². The van der Waals surface area contributed by atoms with Crippen LogP contribution >= 0.6 is 11.6 Å². The van der Waals surface area contributed by atoms with Gasteiger partial charge in [-0.05, 0) is 25.8 Å². The number of carbonyl (C=O) groups is 1. The van der Waals surface area contributed by atoms with E-state index < -0.39 is 11.7 Å². The zero-order valence-electron chi connectivity index (χ0n) is 11.7. The molecule has 0 aromatic carbocycles. The highest BCUT2D eigenvalue weighted by atomic mass is 35.5. The van der Waals surface area contributed by atoms with E-state index in [2.05, 4.69) is 4.98 Å². The smallest absolute Gasteiger partial charge is 0.337 e. The lowest BCUT2D eigenvalue weighted by molar-refractivity contribution is -0.137. The summed E-state index contributed by atoms with van der Waals surface area (Å²) in [5, 5.41) is -0.126. The van der Waals surface area contributed by atoms with Gasteiger partial charge in [0.05, 0.1) is 16.3 Å². The lowest BCUT2D eigenvalue weighted by Crippen LogP contribution is -2.29. The number of fused-ring (bicyclic) bond motifs is 1. The zero-order valence-corrected chi connectivity index (χ0v) is 12.5. The van der Waals surface area contributed by atoms with E-state index in [1.54, 1.807) is 11.8 Å². The molecular formula is C14H13ClF3N3O. The van der Waals surface area contributed by atoms with Gasteiger partial charge >= 0.3 is 6.18 Å². The van der Waals surface area contributed by atoms with Gasteiger partial charge in [-0.3, -0.25) is 9.20 Å². The molecule has 0 saturated carbocycles. The minimum Gasteiger partial charge on any atom is -0.337 e. The van der Waals surface area contributed by atoms with Crippen LogP contribution in [-0.4, -0.2) is 33.3 Å². The molecule has 4 nitrogen and oxygen atoms in total. The van der Waals surface area contributed by atoms with Gasteiger partial charge in [0, 0.05) is 19.3 Å². The normalized spacial score (nSPS) is 15.8. The van der Waals surface area contributed by atoms with Gasteiger partial charge < -0.3 is 4.90 Å². The topological polar surface area (TPSA) is 37.6 Å². The van der Waals surface area contributed by atoms with Crippen molar-refractivity contribution in [2.45, 2.75) is 25.9 Å². The van der Waals surface area contributed by atoms with Crippen molar-refractivity contribution < 1.29 is 18.0 Å². The van der Waals surface area contributed by atoms with E-state index >= 15 is 0 Å². The quantitative estimate of drug-likeness (QED) is 0.801. The number of aryl methyl sites for hydroxylation is 1. The first-order valence-corrected chi connectivity index (χ1v) is 7.21. The molecular weight excluding hydrogens is 319 g/mol. The molecule has 0 unspecified atom stereocenters. The van der Waals surface area contributed by atoms with Crippen molar-refractivity contribution in [3.63, 3.8) is 0 Å². The number of rotatable bonds is 1. The first-order chi connectivity index (χ1) is 10.3. The molecule has 0 radical (unpaired) electrons. The molecule has 1 saturated heterocycles. The summed E-state index contributed by atoms with van der Waals surface area (Å²) in [5.74, 6) is -0.308. The summed E-state index contributed by atoms with van der Waals surface area (Å²) in [6, 6.07) is 0.827. The number of nitrogens with zero attached hydrogens (tertiary/aromatic N) is 3. The number of aromatic nitrogens is 2. The van der Waals surface area contributed by atoms with Gasteiger partial charge in [-0.15, -0.1) is 0 Å². The Bertz CT molecular complexity index is 748. The SMILES string of the molecule is Cc1nc2c(Cl)cc(C(F)(F)F)cn2c1C(=O)N1CCCC1. The molecule has 3 rings (SSSR count). The van der Waals surface area contributed by atoms with Crippen LogP contribution in [0.5, 0.6) is 0 Å². The highest BCUT2D eigenvalue weighted by Crippen LogP contribution is 2.33. The molecule has 0 N–H and O–H groups in total. The van der Waals surface area contributed by atoms with Gasteiger partial charge in [0.2, 0.25) is 0 Å². The second kappa shape index (κ2) is 5.15. The zero-order chi connectivity index (χ0) is 16.1. The summed E-state index contributed by atoms with van der Waals surface area (Å²) < 4.78 is 40.0. The Hall–Kier alpha value is -1.76. The second-order valence-electron chi connectivity index (χ2n) is 5.31. The van der Waals surface area contributed by atoms with Crippen LogP contribution in [0.3, 0.4) is 0 Å². The van der Waals surface area contributed by atoms with Crippen molar-refractivity contribution >= 4 is 23.2 Å². The predicted octanol–water partition coefficient (Wildman–Crippen LogP) is 3.55. The number of pyridine rings is 1. The molecule has 3 heterocycles. The van der Waals surface area contributed by atoms with E-state index in [1.165, 1.54) is 0 Å². The number of halogens is 4. The van der Waals surface area contributed by atoms with Crippen LogP contribution < -0.4 is 0 Å². The maximum Gasteiger partial charge on any atom is 0.417 e. The number of likely N-dealkylation sites (tertiary alicyclic amines) is 1. The fraction of sp³-hybridized carbons (Fsp3) is 0.429. The molecule has 1 aliphatic heterocycles. The highest BCUT2D eigenvalue weighted by Gasteiger charge is 2.33. The molecule has 1 amide bonds. The van der Waals surface area contributed by atoms with Gasteiger partial charge in [-0.1, -0.05) is 11.6 Å². The largest absolute Gasteiger partial charge is 0.417 e. The van der Waals surface area contributed by atoms with Gasteiger partial charge in [-0.25, -0.2) is 4.98 Å². The second-order valence-corrected chi connectivity index (χ2v) is 5.72. The number of hydrogen-bond donors (Lipinski definition) is 0. The summed E-state index contributed by atoms with van der Waals surface area (Å²) in [7, 11) is 0. The Morgan fingerprint density at radius 2 is 1.95 bits per heavy atom. The van der Waals surface area contributed by atoms with E-state index in [-0.39, 0.29) is 22.3 Å². The van der Waals surface area contributed by atoms with Gasteiger partial charge in [0.1, 0.15) is 5.69 Å². The van der Waals surface area contributed by atoms with Crippen molar-refractivity contribution in [1.29, 1.82) is 0 Å². The molecule has 1 fully saturated rings. The van der Waals surface area contributed by atoms with Crippen LogP contribution in [0.25, 0.3) is 5.65 Å². The summed E-state index contributed by atoms with van der Waals surface area (Å²) in [6.07, 6.45) is -1.86. The fourth-order valence-corrected chi connectivity index (χ4v) is 2.95. The third-order valence-corrected chi connectivity index (χ3v) is 4.05. The Labute approximate surface area is 129 Å². The predicted molar refractivity (Wildman–Crippen MR) is 75.1 cm³/mol. The molecule has 2 aromatic heterocycles. The summed E-state index contributed by atoms with van der Waals surface area (Å²) in [6.45, 7) is 2.82. The molecule has 8 heteroatoms. The minimum absolute atomic E-state index is 0.126. The monoisotopic (exact) mass is 331 g/mol. The molecule has 22 heavy (non-hydrogen) atoms. The van der Waals surface area contributed by atoms with Crippen molar-refractivity contribution in [2.24, 2.45) is 0 Å². The molecule has 2 aromatic rings. The Kier molecular flexibility index (Phi) is 3.55. The average Bonchev–Trinajstić information content (AvgIpc) is 3.04. The van der Waals surface area contributed by atoms with Crippen molar-refractivity contribution in [3.8, 4) is 0 Å². The summed E-state index contributed by atoms with van der Waals surface area (Å²) in [4.78, 5) is 18.3. The maximum atomic E-state index is 12.9. The third-order valence-electron chi connectivity index (χ3n) is 3.77. The molecule has 0 atom stereocenters. The van der Waals surface area contributed by atoms with Crippen molar-refractivity contribution in [3.05, 3.63) is 34.2 Å². The number of hydrogen-bond acceptors (Lipinski definition) is 2. The van der Waals surface area contributed by atoms with Crippen LogP contribution in [0.1, 0.15) is 34.6 Å². The number of amides is 1. The molecule has 0 aliphatic carbocycles. The van der Waals surface area contributed by atoms with Crippen LogP contribution in [0.2, 0.25) is 5.02 Å². The lowest BCUT2D eigenvalue weighted by atomic mass is 10.2. The van der Waals surface area contributed by atoms with Crippen LogP contribution in [0, 0.1) is 6.92 Å². The van der Waals surface area contributed by atoms with E-state index in [0.717, 1.165) is 29.5 Å². The Morgan fingerprint density at radius 1 is 1.32 bits per heavy atom. The van der Waals surface area contributed by atoms with Crippen LogP contribution in [0.15, 0.2) is 12.3 Å². The van der Waals surface area contributed by atoms with Crippen molar-refractivity contribution in [2.75, 3.05) is 13.1 Å². The van der Waals surface area contributed by atoms with Crippen LogP contribution in [0.4, 0.5) is 13.2 Å². The average molecular weight is 332 g/mol. The Balaban J connectivity index is 2.19. The first kappa shape index (κ1) is 15.1. The van der Waals surface area contributed by atoms with Crippen molar-refractivity contribution in [1.82, 2.24) is 14.3 Å². The summed E-state index contributed by atoms with van der Waals surface area (Å²) >= 11 is 5.91. The molecule has 1 aliphatic rings. The number of alkyl halides is 3. The number of imidazole rings is 1. The molecule has 0 bridgehead atoms. The standard InChI is InChI=1S/C14H13ClF3N3O/c1-8-11(13(22)20-4-2-3-5-20)21-7-9(14(16,17)18)6-10(15)12(21)19-8/h6-7H,2-5H2,1H3. The maximum absolute atomic E-state index is 12.9. The summed E-state index contributed by atoms with van der Waals surface area (Å²) in [5.41, 5.74) is -0.226. The molecule has 118 valence electrons. The molecule has 0 spiro atoms. The van der Waals surface area contributed by atoms with E-state index in [4.69, 9.17) is 11.6 Å². The minimum atomic E-state index is -4.54. The Morgan fingerprint density at radius 3 is 2.55 bits per heavy atom. The van der Waals surface area contributed by atoms with Gasteiger partial charge in [-0.2, -0.15) is 13.2 Å². The third kappa shape index (κ3) is 2.43. The van der Waals surface area contributed by atoms with Crippen LogP contribution in [-0.2, 0) is 6.18 Å². The highest BCUT2D eigenvalue weighted by molar-refractivity contribution is 6.33. The van der Waals surface area contributed by atoms with E-state index in [9.17, 15) is 18.0 Å².